The summed E-state index contributed by atoms with van der Waals surface area (Å²) in [6.07, 6.45) is -4.14. The van der Waals surface area contributed by atoms with E-state index in [-0.39, 0.29) is 18.5 Å². The van der Waals surface area contributed by atoms with Gasteiger partial charge in [-0.15, -0.1) is 0 Å². The van der Waals surface area contributed by atoms with Gasteiger partial charge in [0.1, 0.15) is 0 Å². The Hall–Kier alpha value is -0.740. The van der Waals surface area contributed by atoms with E-state index in [1.54, 1.807) is 0 Å². The molecule has 0 heterocycles. The first-order chi connectivity index (χ1) is 8.79. The Morgan fingerprint density at radius 3 is 2.42 bits per heavy atom. The number of nitrogens with one attached hydrogen (secondary N) is 1. The lowest BCUT2D eigenvalue weighted by molar-refractivity contribution is -0.135. The molecular formula is C14H19ClF3N. The van der Waals surface area contributed by atoms with E-state index in [0.717, 1.165) is 5.56 Å². The van der Waals surface area contributed by atoms with E-state index in [1.807, 2.05) is 38.1 Å². The minimum absolute atomic E-state index is 0.0219. The Morgan fingerprint density at radius 2 is 1.84 bits per heavy atom. The number of hydrogen-bond acceptors (Lipinski definition) is 1. The van der Waals surface area contributed by atoms with Gasteiger partial charge in [-0.1, -0.05) is 29.8 Å². The van der Waals surface area contributed by atoms with E-state index < -0.39 is 12.6 Å². The first-order valence-corrected chi connectivity index (χ1v) is 6.74. The summed E-state index contributed by atoms with van der Waals surface area (Å²) in [5.41, 5.74) is 0.965. The van der Waals surface area contributed by atoms with Crippen LogP contribution in [0.2, 0.25) is 5.02 Å². The second-order valence-corrected chi connectivity index (χ2v) is 5.23. The molecule has 1 aromatic carbocycles. The zero-order valence-corrected chi connectivity index (χ0v) is 11.9. The van der Waals surface area contributed by atoms with Crippen molar-refractivity contribution in [1.29, 1.82) is 0 Å². The van der Waals surface area contributed by atoms with Crippen molar-refractivity contribution in [2.45, 2.75) is 51.4 Å². The topological polar surface area (TPSA) is 12.0 Å². The number of benzene rings is 1. The lowest BCUT2D eigenvalue weighted by Gasteiger charge is -2.21. The molecule has 1 nitrogen and oxygen atoms in total. The second kappa shape index (κ2) is 7.15. The zero-order chi connectivity index (χ0) is 14.5. The van der Waals surface area contributed by atoms with Crippen LogP contribution >= 0.6 is 11.6 Å². The Bertz CT molecular complexity index is 393. The molecule has 5 heteroatoms. The molecule has 0 aromatic heterocycles. The summed E-state index contributed by atoms with van der Waals surface area (Å²) >= 11 is 6.08. The van der Waals surface area contributed by atoms with Crippen LogP contribution in [0.25, 0.3) is 0 Å². The SMILES string of the molecule is CC(CCCC(F)(F)F)N[C@@H](C)c1ccccc1Cl. The van der Waals surface area contributed by atoms with Crippen molar-refractivity contribution in [3.05, 3.63) is 34.9 Å². The highest BCUT2D eigenvalue weighted by molar-refractivity contribution is 6.31. The highest BCUT2D eigenvalue weighted by Gasteiger charge is 2.26. The third kappa shape index (κ3) is 6.30. The molecule has 0 bridgehead atoms. The maximum Gasteiger partial charge on any atom is 0.389 e. The van der Waals surface area contributed by atoms with Crippen molar-refractivity contribution in [3.8, 4) is 0 Å². The van der Waals surface area contributed by atoms with Crippen LogP contribution in [0.3, 0.4) is 0 Å². The summed E-state index contributed by atoms with van der Waals surface area (Å²) in [5.74, 6) is 0. The maximum absolute atomic E-state index is 12.0. The number of halogens is 4. The van der Waals surface area contributed by atoms with Crippen molar-refractivity contribution in [2.75, 3.05) is 0 Å². The van der Waals surface area contributed by atoms with Gasteiger partial charge in [0.25, 0.3) is 0 Å². The smallest absolute Gasteiger partial charge is 0.308 e. The summed E-state index contributed by atoms with van der Waals surface area (Å²) in [4.78, 5) is 0. The molecular weight excluding hydrogens is 275 g/mol. The van der Waals surface area contributed by atoms with Crippen molar-refractivity contribution in [2.24, 2.45) is 0 Å². The molecule has 1 N–H and O–H groups in total. The van der Waals surface area contributed by atoms with Gasteiger partial charge in [-0.05, 0) is 38.3 Å². The Labute approximate surface area is 117 Å². The van der Waals surface area contributed by atoms with Gasteiger partial charge in [-0.3, -0.25) is 0 Å². The van der Waals surface area contributed by atoms with E-state index >= 15 is 0 Å². The monoisotopic (exact) mass is 293 g/mol. The molecule has 0 radical (unpaired) electrons. The molecule has 0 aliphatic rings. The normalized spacial score (nSPS) is 15.3. The summed E-state index contributed by atoms with van der Waals surface area (Å²) in [6, 6.07) is 7.52. The third-order valence-electron chi connectivity index (χ3n) is 3.00. The lowest BCUT2D eigenvalue weighted by Crippen LogP contribution is -2.29. The quantitative estimate of drug-likeness (QED) is 0.768. The first kappa shape index (κ1) is 16.3. The molecule has 0 aliphatic heterocycles. The second-order valence-electron chi connectivity index (χ2n) is 4.82. The highest BCUT2D eigenvalue weighted by Crippen LogP contribution is 2.25. The fraction of sp³-hybridized carbons (Fsp3) is 0.571. The molecule has 2 atom stereocenters. The Balaban J connectivity index is 2.40. The van der Waals surface area contributed by atoms with Crippen LogP contribution in [0.1, 0.15) is 44.7 Å². The van der Waals surface area contributed by atoms with Crippen LogP contribution < -0.4 is 5.32 Å². The van der Waals surface area contributed by atoms with Gasteiger partial charge in [-0.25, -0.2) is 0 Å². The third-order valence-corrected chi connectivity index (χ3v) is 3.35. The van der Waals surface area contributed by atoms with Crippen LogP contribution in [0, 0.1) is 0 Å². The van der Waals surface area contributed by atoms with Crippen LogP contribution in [-0.4, -0.2) is 12.2 Å². The Kier molecular flexibility index (Phi) is 6.14. The number of hydrogen-bond donors (Lipinski definition) is 1. The van der Waals surface area contributed by atoms with E-state index in [0.29, 0.717) is 11.4 Å². The van der Waals surface area contributed by atoms with Gasteiger partial charge < -0.3 is 5.32 Å². The molecule has 0 saturated carbocycles. The van der Waals surface area contributed by atoms with Gasteiger partial charge in [-0.2, -0.15) is 13.2 Å². The molecule has 1 unspecified atom stereocenters. The van der Waals surface area contributed by atoms with Gasteiger partial charge in [0, 0.05) is 23.5 Å². The van der Waals surface area contributed by atoms with Gasteiger partial charge >= 0.3 is 6.18 Å². The molecule has 1 aromatic rings. The van der Waals surface area contributed by atoms with Crippen molar-refractivity contribution in [3.63, 3.8) is 0 Å². The summed E-state index contributed by atoms with van der Waals surface area (Å²) in [7, 11) is 0. The number of alkyl halides is 3. The molecule has 0 amide bonds. The van der Waals surface area contributed by atoms with Crippen molar-refractivity contribution in [1.82, 2.24) is 5.32 Å². The van der Waals surface area contributed by atoms with Crippen LogP contribution in [0.15, 0.2) is 24.3 Å². The molecule has 1 rings (SSSR count). The van der Waals surface area contributed by atoms with E-state index in [4.69, 9.17) is 11.6 Å². The molecule has 108 valence electrons. The van der Waals surface area contributed by atoms with Crippen molar-refractivity contribution >= 4 is 11.6 Å². The van der Waals surface area contributed by atoms with Crippen LogP contribution in [-0.2, 0) is 0 Å². The van der Waals surface area contributed by atoms with Crippen LogP contribution in [0.5, 0.6) is 0 Å². The van der Waals surface area contributed by atoms with Gasteiger partial charge in [0.15, 0.2) is 0 Å². The van der Waals surface area contributed by atoms with Gasteiger partial charge in [0.05, 0.1) is 0 Å². The lowest BCUT2D eigenvalue weighted by atomic mass is 10.1. The fourth-order valence-electron chi connectivity index (χ4n) is 2.03. The molecule has 0 saturated heterocycles. The Morgan fingerprint density at radius 1 is 1.21 bits per heavy atom. The van der Waals surface area contributed by atoms with E-state index in [9.17, 15) is 13.2 Å². The standard InChI is InChI=1S/C14H19ClF3N/c1-10(6-5-9-14(16,17)18)19-11(2)12-7-3-4-8-13(12)15/h3-4,7-8,10-11,19H,5-6,9H2,1-2H3/t10?,11-/m0/s1. The largest absolute Gasteiger partial charge is 0.389 e. The van der Waals surface area contributed by atoms with E-state index in [1.165, 1.54) is 0 Å². The van der Waals surface area contributed by atoms with Gasteiger partial charge in [0.2, 0.25) is 0 Å². The highest BCUT2D eigenvalue weighted by atomic mass is 35.5. The molecule has 19 heavy (non-hydrogen) atoms. The zero-order valence-electron chi connectivity index (χ0n) is 11.1. The van der Waals surface area contributed by atoms with Crippen LogP contribution in [0.4, 0.5) is 13.2 Å². The molecule has 0 aliphatic carbocycles. The minimum Gasteiger partial charge on any atom is -0.308 e. The predicted molar refractivity (Wildman–Crippen MR) is 72.4 cm³/mol. The molecule has 0 spiro atoms. The fourth-order valence-corrected chi connectivity index (χ4v) is 2.33. The average Bonchev–Trinajstić information content (AvgIpc) is 2.27. The average molecular weight is 294 g/mol. The minimum atomic E-state index is -4.06. The predicted octanol–water partition coefficient (Wildman–Crippen LogP) is 5.11. The summed E-state index contributed by atoms with van der Waals surface area (Å²) in [5, 5.41) is 3.94. The molecule has 0 fully saturated rings. The first-order valence-electron chi connectivity index (χ1n) is 6.37. The van der Waals surface area contributed by atoms with E-state index in [2.05, 4.69) is 5.32 Å². The maximum atomic E-state index is 12.0. The summed E-state index contributed by atoms with van der Waals surface area (Å²) in [6.45, 7) is 3.85. The summed E-state index contributed by atoms with van der Waals surface area (Å²) < 4.78 is 36.1. The number of rotatable bonds is 6. The van der Waals surface area contributed by atoms with Crippen molar-refractivity contribution < 1.29 is 13.2 Å².